The summed E-state index contributed by atoms with van der Waals surface area (Å²) in [6.07, 6.45) is 0. The molecule has 0 aliphatic rings. The number of primary amides is 1. The minimum atomic E-state index is -0.993. The molecule has 19 heavy (non-hydrogen) atoms. The fourth-order valence-corrected chi connectivity index (χ4v) is 2.43. The van der Waals surface area contributed by atoms with Gasteiger partial charge in [0.25, 0.3) is 0 Å². The molecule has 0 saturated heterocycles. The molecule has 0 radical (unpaired) electrons. The lowest BCUT2D eigenvalue weighted by Gasteiger charge is -2.17. The number of aliphatic carboxylic acids is 1. The molecule has 0 aromatic carbocycles. The number of carbonyl (C=O) groups excluding carboxylic acids is 1. The highest BCUT2D eigenvalue weighted by Gasteiger charge is 2.20. The third kappa shape index (κ3) is 5.35. The average molecular weight is 285 g/mol. The first-order chi connectivity index (χ1) is 8.68. The Morgan fingerprint density at radius 2 is 2.05 bits per heavy atom. The van der Waals surface area contributed by atoms with Gasteiger partial charge in [0.2, 0.25) is 5.91 Å². The molecule has 1 aromatic heterocycles. The summed E-state index contributed by atoms with van der Waals surface area (Å²) < 4.78 is 0. The van der Waals surface area contributed by atoms with Crippen LogP contribution in [0, 0.1) is 0 Å². The van der Waals surface area contributed by atoms with Gasteiger partial charge in [-0.2, -0.15) is 0 Å². The van der Waals surface area contributed by atoms with E-state index in [1.165, 1.54) is 16.2 Å². The maximum absolute atomic E-state index is 10.9. The second-order valence-electron chi connectivity index (χ2n) is 5.40. The molecule has 0 atom stereocenters. The zero-order valence-electron chi connectivity index (χ0n) is 11.3. The Balaban J connectivity index is 2.75. The second-order valence-corrected chi connectivity index (χ2v) is 6.26. The molecule has 0 spiro atoms. The van der Waals surface area contributed by atoms with Crippen molar-refractivity contribution in [1.29, 1.82) is 0 Å². The summed E-state index contributed by atoms with van der Waals surface area (Å²) in [7, 11) is 0. The van der Waals surface area contributed by atoms with Gasteiger partial charge < -0.3 is 10.8 Å². The van der Waals surface area contributed by atoms with Crippen LogP contribution in [0.1, 0.15) is 31.5 Å². The van der Waals surface area contributed by atoms with Crippen molar-refractivity contribution < 1.29 is 14.7 Å². The van der Waals surface area contributed by atoms with Crippen LogP contribution in [0.25, 0.3) is 0 Å². The van der Waals surface area contributed by atoms with Crippen molar-refractivity contribution in [2.75, 3.05) is 13.1 Å². The first kappa shape index (κ1) is 15.6. The van der Waals surface area contributed by atoms with Crippen molar-refractivity contribution >= 4 is 23.2 Å². The lowest BCUT2D eigenvalue weighted by molar-refractivity contribution is -0.138. The number of nitrogens with two attached hydrogens (primary N) is 1. The second kappa shape index (κ2) is 6.12. The minimum absolute atomic E-state index is 0.0375. The normalized spacial score (nSPS) is 11.8. The Hall–Kier alpha value is -1.47. The van der Waals surface area contributed by atoms with Crippen molar-refractivity contribution in [3.05, 3.63) is 16.1 Å². The van der Waals surface area contributed by atoms with Crippen LogP contribution in [0.2, 0.25) is 0 Å². The third-order valence-electron chi connectivity index (χ3n) is 2.32. The molecule has 0 saturated carbocycles. The summed E-state index contributed by atoms with van der Waals surface area (Å²) in [5.74, 6) is -1.54. The summed E-state index contributed by atoms with van der Waals surface area (Å²) >= 11 is 1.53. The molecule has 1 amide bonds. The minimum Gasteiger partial charge on any atom is -0.480 e. The highest BCUT2D eigenvalue weighted by atomic mass is 32.1. The van der Waals surface area contributed by atoms with Crippen LogP contribution in [-0.4, -0.2) is 40.0 Å². The van der Waals surface area contributed by atoms with Gasteiger partial charge in [-0.15, -0.1) is 11.3 Å². The van der Waals surface area contributed by atoms with Gasteiger partial charge in [-0.3, -0.25) is 14.5 Å². The first-order valence-electron chi connectivity index (χ1n) is 5.86. The van der Waals surface area contributed by atoms with Crippen LogP contribution in [-0.2, 0) is 21.5 Å². The van der Waals surface area contributed by atoms with Gasteiger partial charge in [-0.1, -0.05) is 20.8 Å². The van der Waals surface area contributed by atoms with Crippen LogP contribution < -0.4 is 5.73 Å². The Morgan fingerprint density at radius 3 is 2.47 bits per heavy atom. The number of carboxylic acid groups (broad SMARTS) is 1. The number of amides is 1. The molecule has 7 heteroatoms. The van der Waals surface area contributed by atoms with Gasteiger partial charge in [0, 0.05) is 17.3 Å². The maximum atomic E-state index is 10.9. The lowest BCUT2D eigenvalue weighted by Crippen LogP contribution is -2.37. The molecular weight excluding hydrogens is 266 g/mol. The summed E-state index contributed by atoms with van der Waals surface area (Å²) in [4.78, 5) is 27.6. The van der Waals surface area contributed by atoms with Crippen LogP contribution >= 0.6 is 11.3 Å². The summed E-state index contributed by atoms with van der Waals surface area (Å²) in [6, 6.07) is 0. The van der Waals surface area contributed by atoms with Gasteiger partial charge in [-0.25, -0.2) is 4.98 Å². The number of rotatable bonds is 6. The monoisotopic (exact) mass is 285 g/mol. The number of aromatic nitrogens is 1. The zero-order valence-corrected chi connectivity index (χ0v) is 12.2. The number of carboxylic acids is 1. The number of hydrogen-bond acceptors (Lipinski definition) is 5. The summed E-state index contributed by atoms with van der Waals surface area (Å²) in [5.41, 5.74) is 5.83. The SMILES string of the molecule is CC(C)(C)c1nc(CN(CC(N)=O)CC(=O)O)cs1. The van der Waals surface area contributed by atoms with Gasteiger partial charge >= 0.3 is 5.97 Å². The van der Waals surface area contributed by atoms with E-state index < -0.39 is 11.9 Å². The van der Waals surface area contributed by atoms with E-state index in [-0.39, 0.29) is 18.5 Å². The third-order valence-corrected chi connectivity index (χ3v) is 3.63. The van der Waals surface area contributed by atoms with Crippen molar-refractivity contribution in [3.63, 3.8) is 0 Å². The van der Waals surface area contributed by atoms with Crippen LogP contribution in [0.15, 0.2) is 5.38 Å². The number of nitrogens with zero attached hydrogens (tertiary/aromatic N) is 2. The van der Waals surface area contributed by atoms with Crippen LogP contribution in [0.4, 0.5) is 0 Å². The first-order valence-corrected chi connectivity index (χ1v) is 6.74. The Labute approximate surface area is 116 Å². The number of carbonyl (C=O) groups is 2. The molecule has 3 N–H and O–H groups in total. The van der Waals surface area contributed by atoms with E-state index in [9.17, 15) is 9.59 Å². The molecule has 0 aliphatic carbocycles. The van der Waals surface area contributed by atoms with Crippen molar-refractivity contribution in [1.82, 2.24) is 9.88 Å². The van der Waals surface area contributed by atoms with Crippen molar-refractivity contribution in [3.8, 4) is 0 Å². The standard InChI is InChI=1S/C12H19N3O3S/c1-12(2,3)11-14-8(7-19-11)4-15(5-9(13)16)6-10(17)18/h7H,4-6H2,1-3H3,(H2,13,16)(H,17,18). The average Bonchev–Trinajstić information content (AvgIpc) is 2.62. The van der Waals surface area contributed by atoms with Crippen LogP contribution in [0.5, 0.6) is 0 Å². The number of thiazole rings is 1. The van der Waals surface area contributed by atoms with E-state index in [1.54, 1.807) is 0 Å². The largest absolute Gasteiger partial charge is 0.480 e. The van der Waals surface area contributed by atoms with E-state index in [4.69, 9.17) is 10.8 Å². The Bertz CT molecular complexity index is 449. The Morgan fingerprint density at radius 1 is 1.42 bits per heavy atom. The fourth-order valence-electron chi connectivity index (χ4n) is 1.53. The predicted octanol–water partition coefficient (Wildman–Crippen LogP) is 0.812. The Kier molecular flexibility index (Phi) is 5.02. The van der Waals surface area contributed by atoms with Crippen molar-refractivity contribution in [2.45, 2.75) is 32.7 Å². The van der Waals surface area contributed by atoms with E-state index in [0.29, 0.717) is 6.54 Å². The van der Waals surface area contributed by atoms with E-state index in [2.05, 4.69) is 25.8 Å². The molecule has 0 fully saturated rings. The van der Waals surface area contributed by atoms with Gasteiger partial charge in [0.15, 0.2) is 0 Å². The molecule has 106 valence electrons. The zero-order chi connectivity index (χ0) is 14.6. The topological polar surface area (TPSA) is 96.5 Å². The molecule has 0 bridgehead atoms. The van der Waals surface area contributed by atoms with Crippen molar-refractivity contribution in [2.24, 2.45) is 5.73 Å². The highest BCUT2D eigenvalue weighted by Crippen LogP contribution is 2.25. The lowest BCUT2D eigenvalue weighted by atomic mass is 9.98. The molecule has 6 nitrogen and oxygen atoms in total. The van der Waals surface area contributed by atoms with E-state index in [1.807, 2.05) is 5.38 Å². The van der Waals surface area contributed by atoms with Crippen LogP contribution in [0.3, 0.4) is 0 Å². The molecule has 1 rings (SSSR count). The van der Waals surface area contributed by atoms with Gasteiger partial charge in [-0.05, 0) is 0 Å². The highest BCUT2D eigenvalue weighted by molar-refractivity contribution is 7.09. The maximum Gasteiger partial charge on any atom is 0.317 e. The molecule has 1 aromatic rings. The quantitative estimate of drug-likeness (QED) is 0.806. The summed E-state index contributed by atoms with van der Waals surface area (Å²) in [6.45, 7) is 6.18. The number of hydrogen-bond donors (Lipinski definition) is 2. The predicted molar refractivity (Wildman–Crippen MR) is 72.9 cm³/mol. The van der Waals surface area contributed by atoms with Gasteiger partial charge in [0.1, 0.15) is 0 Å². The van der Waals surface area contributed by atoms with Gasteiger partial charge in [0.05, 0.1) is 23.8 Å². The molecule has 0 unspecified atom stereocenters. The summed E-state index contributed by atoms with van der Waals surface area (Å²) in [5, 5.41) is 11.7. The molecular formula is C12H19N3O3S. The molecule has 1 heterocycles. The fraction of sp³-hybridized carbons (Fsp3) is 0.583. The molecule has 0 aliphatic heterocycles. The van der Waals surface area contributed by atoms with E-state index in [0.717, 1.165) is 10.7 Å². The van der Waals surface area contributed by atoms with E-state index >= 15 is 0 Å². The smallest absolute Gasteiger partial charge is 0.317 e.